The molecule has 90 valence electrons. The molecule has 0 saturated heterocycles. The van der Waals surface area contributed by atoms with E-state index in [1.807, 2.05) is 11.3 Å². The molecule has 1 heterocycles. The molecule has 1 fully saturated rings. The topological polar surface area (TPSA) is 0 Å². The molecule has 1 aliphatic rings. The van der Waals surface area contributed by atoms with Gasteiger partial charge in [-0.25, -0.2) is 0 Å². The van der Waals surface area contributed by atoms with E-state index in [2.05, 4.69) is 35.8 Å². The van der Waals surface area contributed by atoms with E-state index in [0.29, 0.717) is 4.83 Å². The van der Waals surface area contributed by atoms with Crippen LogP contribution in [-0.4, -0.2) is 0 Å². The summed E-state index contributed by atoms with van der Waals surface area (Å²) in [5, 5.41) is 0. The maximum Gasteiger partial charge on any atom is 0.0434 e. The van der Waals surface area contributed by atoms with Crippen LogP contribution in [0.15, 0.2) is 6.07 Å². The second-order valence-electron chi connectivity index (χ2n) is 5.02. The molecule has 1 saturated carbocycles. The Morgan fingerprint density at radius 1 is 1.19 bits per heavy atom. The van der Waals surface area contributed by atoms with Crippen molar-refractivity contribution >= 4 is 27.3 Å². The van der Waals surface area contributed by atoms with Crippen molar-refractivity contribution in [3.63, 3.8) is 0 Å². The van der Waals surface area contributed by atoms with Crippen LogP contribution in [0.3, 0.4) is 0 Å². The van der Waals surface area contributed by atoms with E-state index in [9.17, 15) is 0 Å². The van der Waals surface area contributed by atoms with Crippen molar-refractivity contribution in [1.29, 1.82) is 0 Å². The van der Waals surface area contributed by atoms with E-state index in [0.717, 1.165) is 5.92 Å². The van der Waals surface area contributed by atoms with Crippen molar-refractivity contribution in [2.24, 2.45) is 5.92 Å². The summed E-state index contributed by atoms with van der Waals surface area (Å²) < 4.78 is 0. The number of hydrogen-bond acceptors (Lipinski definition) is 1. The van der Waals surface area contributed by atoms with Crippen molar-refractivity contribution in [3.05, 3.63) is 21.4 Å². The molecule has 1 aliphatic carbocycles. The Morgan fingerprint density at radius 2 is 1.81 bits per heavy atom. The molecule has 1 atom stereocenters. The van der Waals surface area contributed by atoms with E-state index in [-0.39, 0.29) is 0 Å². The number of thiophene rings is 1. The SMILES string of the molecule is Cc1cc(C(Br)C2CCCCCC2)c(C)s1. The third kappa shape index (κ3) is 2.89. The minimum absolute atomic E-state index is 0.593. The average molecular weight is 301 g/mol. The van der Waals surface area contributed by atoms with Crippen molar-refractivity contribution in [3.8, 4) is 0 Å². The van der Waals surface area contributed by atoms with Crippen molar-refractivity contribution in [1.82, 2.24) is 0 Å². The number of alkyl halides is 1. The van der Waals surface area contributed by atoms with E-state index in [1.54, 1.807) is 5.56 Å². The Balaban J connectivity index is 2.10. The fourth-order valence-corrected chi connectivity index (χ4v) is 4.91. The highest BCUT2D eigenvalue weighted by atomic mass is 79.9. The van der Waals surface area contributed by atoms with Gasteiger partial charge in [-0.1, -0.05) is 41.6 Å². The molecule has 1 aromatic heterocycles. The summed E-state index contributed by atoms with van der Waals surface area (Å²) in [5.41, 5.74) is 1.55. The summed E-state index contributed by atoms with van der Waals surface area (Å²) in [6.45, 7) is 4.48. The zero-order valence-electron chi connectivity index (χ0n) is 10.3. The first-order chi connectivity index (χ1) is 7.68. The lowest BCUT2D eigenvalue weighted by atomic mass is 9.92. The maximum atomic E-state index is 3.95. The van der Waals surface area contributed by atoms with Crippen LogP contribution >= 0.6 is 27.3 Å². The molecule has 1 unspecified atom stereocenters. The van der Waals surface area contributed by atoms with E-state index >= 15 is 0 Å². The number of halogens is 1. The third-order valence-corrected chi connectivity index (χ3v) is 5.91. The van der Waals surface area contributed by atoms with E-state index < -0.39 is 0 Å². The van der Waals surface area contributed by atoms with Gasteiger partial charge < -0.3 is 0 Å². The minimum atomic E-state index is 0.593. The molecule has 0 bridgehead atoms. The Morgan fingerprint density at radius 3 is 2.31 bits per heavy atom. The highest BCUT2D eigenvalue weighted by Crippen LogP contribution is 2.42. The Labute approximate surface area is 112 Å². The fourth-order valence-electron chi connectivity index (χ4n) is 2.78. The Hall–Kier alpha value is 0.180. The zero-order valence-corrected chi connectivity index (χ0v) is 12.7. The largest absolute Gasteiger partial charge is 0.146 e. The van der Waals surface area contributed by atoms with Crippen LogP contribution in [0.2, 0.25) is 0 Å². The third-order valence-electron chi connectivity index (χ3n) is 3.69. The number of hydrogen-bond donors (Lipinski definition) is 0. The van der Waals surface area contributed by atoms with Gasteiger partial charge in [0, 0.05) is 14.6 Å². The second kappa shape index (κ2) is 5.68. The van der Waals surface area contributed by atoms with Gasteiger partial charge in [-0.15, -0.1) is 11.3 Å². The zero-order chi connectivity index (χ0) is 11.5. The van der Waals surface area contributed by atoms with Crippen LogP contribution in [0.25, 0.3) is 0 Å². The molecule has 0 spiro atoms. The summed E-state index contributed by atoms with van der Waals surface area (Å²) in [4.78, 5) is 3.55. The van der Waals surface area contributed by atoms with E-state index in [1.165, 1.54) is 48.3 Å². The minimum Gasteiger partial charge on any atom is -0.146 e. The summed E-state index contributed by atoms with van der Waals surface area (Å²) in [6.07, 6.45) is 8.55. The average Bonchev–Trinajstić information content (AvgIpc) is 2.49. The van der Waals surface area contributed by atoms with Gasteiger partial charge in [0.05, 0.1) is 0 Å². The monoisotopic (exact) mass is 300 g/mol. The first-order valence-corrected chi connectivity index (χ1v) is 8.12. The summed E-state index contributed by atoms with van der Waals surface area (Å²) in [5.74, 6) is 0.857. The van der Waals surface area contributed by atoms with Crippen LogP contribution in [0.4, 0.5) is 0 Å². The Kier molecular flexibility index (Phi) is 4.48. The van der Waals surface area contributed by atoms with Crippen LogP contribution in [0, 0.1) is 19.8 Å². The van der Waals surface area contributed by atoms with Crippen LogP contribution < -0.4 is 0 Å². The van der Waals surface area contributed by atoms with Gasteiger partial charge in [0.1, 0.15) is 0 Å². The molecule has 0 amide bonds. The first kappa shape index (κ1) is 12.6. The summed E-state index contributed by atoms with van der Waals surface area (Å²) in [6, 6.07) is 2.38. The second-order valence-corrected chi connectivity index (χ2v) is 7.47. The van der Waals surface area contributed by atoms with Crippen molar-refractivity contribution in [2.75, 3.05) is 0 Å². The fraction of sp³-hybridized carbons (Fsp3) is 0.714. The molecule has 0 aromatic carbocycles. The number of rotatable bonds is 2. The molecule has 2 rings (SSSR count). The van der Waals surface area contributed by atoms with Gasteiger partial charge in [0.2, 0.25) is 0 Å². The number of aryl methyl sites for hydroxylation is 2. The smallest absolute Gasteiger partial charge is 0.0434 e. The van der Waals surface area contributed by atoms with E-state index in [4.69, 9.17) is 0 Å². The predicted octanol–water partition coefficient (Wildman–Crippen LogP) is 5.77. The van der Waals surface area contributed by atoms with Crippen LogP contribution in [0.5, 0.6) is 0 Å². The predicted molar refractivity (Wildman–Crippen MR) is 76.7 cm³/mol. The summed E-state index contributed by atoms with van der Waals surface area (Å²) >= 11 is 5.89. The van der Waals surface area contributed by atoms with Crippen molar-refractivity contribution in [2.45, 2.75) is 57.2 Å². The molecule has 0 N–H and O–H groups in total. The lowest BCUT2D eigenvalue weighted by Crippen LogP contribution is -2.06. The molecular weight excluding hydrogens is 280 g/mol. The van der Waals surface area contributed by atoms with Gasteiger partial charge in [-0.2, -0.15) is 0 Å². The summed E-state index contributed by atoms with van der Waals surface area (Å²) in [7, 11) is 0. The molecule has 0 aliphatic heterocycles. The van der Waals surface area contributed by atoms with Gasteiger partial charge in [-0.3, -0.25) is 0 Å². The van der Waals surface area contributed by atoms with Gasteiger partial charge >= 0.3 is 0 Å². The van der Waals surface area contributed by atoms with Gasteiger partial charge in [0.25, 0.3) is 0 Å². The Bertz CT molecular complexity index is 335. The van der Waals surface area contributed by atoms with Crippen LogP contribution in [-0.2, 0) is 0 Å². The normalized spacial score (nSPS) is 20.7. The molecule has 16 heavy (non-hydrogen) atoms. The molecule has 0 nitrogen and oxygen atoms in total. The van der Waals surface area contributed by atoms with Crippen LogP contribution in [0.1, 0.15) is 58.7 Å². The quantitative estimate of drug-likeness (QED) is 0.480. The molecular formula is C14H21BrS. The molecule has 0 radical (unpaired) electrons. The highest BCUT2D eigenvalue weighted by molar-refractivity contribution is 9.09. The lowest BCUT2D eigenvalue weighted by molar-refractivity contribution is 0.454. The lowest BCUT2D eigenvalue weighted by Gasteiger charge is -2.20. The van der Waals surface area contributed by atoms with Gasteiger partial charge in [0.15, 0.2) is 0 Å². The molecule has 1 aromatic rings. The maximum absolute atomic E-state index is 3.95. The van der Waals surface area contributed by atoms with Gasteiger partial charge in [-0.05, 0) is 44.2 Å². The highest BCUT2D eigenvalue weighted by Gasteiger charge is 2.23. The molecule has 2 heteroatoms. The van der Waals surface area contributed by atoms with Crippen molar-refractivity contribution < 1.29 is 0 Å². The standard InChI is InChI=1S/C14H21BrS/c1-10-9-13(11(2)16-10)14(15)12-7-5-3-4-6-8-12/h9,12,14H,3-8H2,1-2H3. The first-order valence-electron chi connectivity index (χ1n) is 6.39.